The Labute approximate surface area is 74.0 Å². The number of nitrogens with zero attached hydrogens (tertiary/aromatic N) is 2. The molecule has 0 N–H and O–H groups in total. The second-order valence-electron chi connectivity index (χ2n) is 3.64. The van der Waals surface area contributed by atoms with E-state index in [1.807, 2.05) is 12.4 Å². The molecule has 12 heavy (non-hydrogen) atoms. The fraction of sp³-hybridized carbons (Fsp3) is 0.700. The van der Waals surface area contributed by atoms with Gasteiger partial charge < -0.3 is 0 Å². The first kappa shape index (κ1) is 7.99. The van der Waals surface area contributed by atoms with Crippen LogP contribution in [0.3, 0.4) is 0 Å². The summed E-state index contributed by atoms with van der Waals surface area (Å²) in [6.07, 6.45) is 9.18. The molecule has 1 saturated heterocycles. The topological polar surface area (TPSA) is 15.6 Å². The lowest BCUT2D eigenvalue weighted by Gasteiger charge is -2.17. The van der Waals surface area contributed by atoms with Gasteiger partial charge in [0.05, 0.1) is 0 Å². The summed E-state index contributed by atoms with van der Waals surface area (Å²) < 4.78 is 0. The van der Waals surface area contributed by atoms with Crippen molar-refractivity contribution in [2.45, 2.75) is 25.7 Å². The molecule has 0 spiro atoms. The SMILES string of the molecule is C1=NC=C(CN2CCCC2)CC1. The molecule has 0 aliphatic carbocycles. The molecule has 0 aromatic rings. The molecule has 0 amide bonds. The van der Waals surface area contributed by atoms with E-state index in [2.05, 4.69) is 9.89 Å². The Balaban J connectivity index is 1.84. The van der Waals surface area contributed by atoms with Crippen LogP contribution >= 0.6 is 0 Å². The van der Waals surface area contributed by atoms with E-state index in [1.165, 1.54) is 37.9 Å². The molecule has 2 aliphatic rings. The lowest BCUT2D eigenvalue weighted by molar-refractivity contribution is 0.364. The molecule has 2 nitrogen and oxygen atoms in total. The average molecular weight is 164 g/mol. The summed E-state index contributed by atoms with van der Waals surface area (Å²) in [6.45, 7) is 3.75. The zero-order valence-corrected chi connectivity index (χ0v) is 7.50. The number of aliphatic imine (C=N–C) groups is 1. The molecule has 0 atom stereocenters. The zero-order valence-electron chi connectivity index (χ0n) is 7.50. The van der Waals surface area contributed by atoms with Gasteiger partial charge >= 0.3 is 0 Å². The molecule has 0 aromatic carbocycles. The van der Waals surface area contributed by atoms with Gasteiger partial charge in [-0.1, -0.05) is 0 Å². The number of hydrogen-bond donors (Lipinski definition) is 0. The van der Waals surface area contributed by atoms with Crippen molar-refractivity contribution in [2.24, 2.45) is 4.99 Å². The molecule has 0 radical (unpaired) electrons. The standard InChI is InChI=1S/C10H16N2/c1-2-7-12(6-1)9-10-4-3-5-11-8-10/h5,8H,1-4,6-7,9H2. The maximum Gasteiger partial charge on any atom is 0.0268 e. The zero-order chi connectivity index (χ0) is 8.23. The van der Waals surface area contributed by atoms with Crippen molar-refractivity contribution in [2.75, 3.05) is 19.6 Å². The monoisotopic (exact) mass is 164 g/mol. The Morgan fingerprint density at radius 2 is 2.17 bits per heavy atom. The smallest absolute Gasteiger partial charge is 0.0268 e. The normalized spacial score (nSPS) is 24.5. The first-order valence-corrected chi connectivity index (χ1v) is 4.87. The molecule has 0 aromatic heterocycles. The van der Waals surface area contributed by atoms with E-state index in [9.17, 15) is 0 Å². The van der Waals surface area contributed by atoms with E-state index in [0.29, 0.717) is 0 Å². The molecule has 2 heteroatoms. The Hall–Kier alpha value is -0.630. The lowest BCUT2D eigenvalue weighted by Crippen LogP contribution is -2.22. The Kier molecular flexibility index (Phi) is 2.57. The summed E-state index contributed by atoms with van der Waals surface area (Å²) in [5, 5.41) is 0. The van der Waals surface area contributed by atoms with E-state index in [4.69, 9.17) is 0 Å². The van der Waals surface area contributed by atoms with Crippen molar-refractivity contribution in [1.29, 1.82) is 0 Å². The van der Waals surface area contributed by atoms with Gasteiger partial charge in [-0.15, -0.1) is 0 Å². The van der Waals surface area contributed by atoms with Crippen molar-refractivity contribution in [3.05, 3.63) is 11.8 Å². The lowest BCUT2D eigenvalue weighted by atomic mass is 10.1. The van der Waals surface area contributed by atoms with E-state index in [0.717, 1.165) is 13.0 Å². The van der Waals surface area contributed by atoms with Gasteiger partial charge in [-0.3, -0.25) is 9.89 Å². The van der Waals surface area contributed by atoms with Crippen LogP contribution < -0.4 is 0 Å². The molecule has 2 aliphatic heterocycles. The largest absolute Gasteiger partial charge is 0.299 e. The van der Waals surface area contributed by atoms with E-state index >= 15 is 0 Å². The highest BCUT2D eigenvalue weighted by molar-refractivity contribution is 5.60. The highest BCUT2D eigenvalue weighted by Crippen LogP contribution is 2.14. The minimum atomic E-state index is 1.14. The third-order valence-corrected chi connectivity index (χ3v) is 2.58. The van der Waals surface area contributed by atoms with Gasteiger partial charge in [-0.05, 0) is 44.3 Å². The predicted molar refractivity (Wildman–Crippen MR) is 51.5 cm³/mol. The molecule has 1 fully saturated rings. The minimum Gasteiger partial charge on any atom is -0.299 e. The first-order chi connectivity index (χ1) is 5.95. The van der Waals surface area contributed by atoms with Gasteiger partial charge in [0.25, 0.3) is 0 Å². The van der Waals surface area contributed by atoms with Crippen molar-refractivity contribution in [3.8, 4) is 0 Å². The van der Waals surface area contributed by atoms with Gasteiger partial charge in [0.2, 0.25) is 0 Å². The highest BCUT2D eigenvalue weighted by atomic mass is 15.1. The van der Waals surface area contributed by atoms with E-state index < -0.39 is 0 Å². The third kappa shape index (κ3) is 1.95. The Morgan fingerprint density at radius 1 is 1.33 bits per heavy atom. The quantitative estimate of drug-likeness (QED) is 0.608. The van der Waals surface area contributed by atoms with Crippen LogP contribution in [0.1, 0.15) is 25.7 Å². The molecule has 0 bridgehead atoms. The number of likely N-dealkylation sites (tertiary alicyclic amines) is 1. The van der Waals surface area contributed by atoms with Gasteiger partial charge in [0, 0.05) is 19.0 Å². The maximum atomic E-state index is 4.19. The molecule has 2 rings (SSSR count). The minimum absolute atomic E-state index is 1.14. The van der Waals surface area contributed by atoms with E-state index in [1.54, 1.807) is 0 Å². The van der Waals surface area contributed by atoms with Crippen LogP contribution in [-0.2, 0) is 0 Å². The van der Waals surface area contributed by atoms with Crippen LogP contribution in [0.5, 0.6) is 0 Å². The number of rotatable bonds is 2. The summed E-state index contributed by atoms with van der Waals surface area (Å²) in [4.78, 5) is 6.72. The average Bonchev–Trinajstić information content (AvgIpc) is 2.59. The van der Waals surface area contributed by atoms with Crippen molar-refractivity contribution in [1.82, 2.24) is 4.90 Å². The summed E-state index contributed by atoms with van der Waals surface area (Å²) in [6, 6.07) is 0. The fourth-order valence-electron chi connectivity index (χ4n) is 1.89. The fourth-order valence-corrected chi connectivity index (χ4v) is 1.89. The van der Waals surface area contributed by atoms with Gasteiger partial charge in [-0.25, -0.2) is 0 Å². The van der Waals surface area contributed by atoms with Crippen molar-refractivity contribution >= 4 is 6.21 Å². The van der Waals surface area contributed by atoms with Crippen LogP contribution in [0.2, 0.25) is 0 Å². The van der Waals surface area contributed by atoms with Gasteiger partial charge in [0.15, 0.2) is 0 Å². The molecule has 0 unspecified atom stereocenters. The van der Waals surface area contributed by atoms with Crippen LogP contribution in [0.4, 0.5) is 0 Å². The summed E-state index contributed by atoms with van der Waals surface area (Å²) in [7, 11) is 0. The first-order valence-electron chi connectivity index (χ1n) is 4.87. The number of hydrogen-bond acceptors (Lipinski definition) is 2. The Bertz CT molecular complexity index is 200. The molecular formula is C10H16N2. The molecular weight excluding hydrogens is 148 g/mol. The van der Waals surface area contributed by atoms with Crippen LogP contribution in [0, 0.1) is 0 Å². The van der Waals surface area contributed by atoms with Gasteiger partial charge in [-0.2, -0.15) is 0 Å². The van der Waals surface area contributed by atoms with Crippen LogP contribution in [0.25, 0.3) is 0 Å². The second kappa shape index (κ2) is 3.85. The molecule has 66 valence electrons. The van der Waals surface area contributed by atoms with Gasteiger partial charge in [0.1, 0.15) is 0 Å². The second-order valence-corrected chi connectivity index (χ2v) is 3.64. The highest BCUT2D eigenvalue weighted by Gasteiger charge is 2.13. The van der Waals surface area contributed by atoms with E-state index in [-0.39, 0.29) is 0 Å². The molecule has 2 heterocycles. The van der Waals surface area contributed by atoms with Crippen LogP contribution in [-0.4, -0.2) is 30.7 Å². The Morgan fingerprint density at radius 3 is 2.83 bits per heavy atom. The van der Waals surface area contributed by atoms with Crippen molar-refractivity contribution in [3.63, 3.8) is 0 Å². The summed E-state index contributed by atoms with van der Waals surface area (Å²) in [5.41, 5.74) is 1.51. The van der Waals surface area contributed by atoms with Crippen LogP contribution in [0.15, 0.2) is 16.8 Å². The molecule has 0 saturated carbocycles. The maximum absolute atomic E-state index is 4.19. The summed E-state index contributed by atoms with van der Waals surface area (Å²) in [5.74, 6) is 0. The van der Waals surface area contributed by atoms with Crippen molar-refractivity contribution < 1.29 is 0 Å². The summed E-state index contributed by atoms with van der Waals surface area (Å²) >= 11 is 0. The third-order valence-electron chi connectivity index (χ3n) is 2.58. The predicted octanol–water partition coefficient (Wildman–Crippen LogP) is 1.83.